The number of halogens is 14. The average molecular weight is 474 g/mol. The SMILES string of the molecule is FC(F)(F)C(F)(F)C(F)(F)c1nnc(-c2nnc(C(F)(F)C(F)(F)C(F)(F)F)o2)o1. The maximum absolute atomic E-state index is 13.4. The van der Waals surface area contributed by atoms with Crippen LogP contribution < -0.4 is 0 Å². The third kappa shape index (κ3) is 3.30. The van der Waals surface area contributed by atoms with Gasteiger partial charge in [0, 0.05) is 0 Å². The van der Waals surface area contributed by atoms with Crippen molar-refractivity contribution in [2.75, 3.05) is 0 Å². The second-order valence-electron chi connectivity index (χ2n) is 5.12. The lowest BCUT2D eigenvalue weighted by molar-refractivity contribution is -0.364. The Morgan fingerprint density at radius 1 is 0.433 bits per heavy atom. The monoisotopic (exact) mass is 474 g/mol. The highest BCUT2D eigenvalue weighted by Crippen LogP contribution is 2.53. The summed E-state index contributed by atoms with van der Waals surface area (Å²) in [7, 11) is 0. The van der Waals surface area contributed by atoms with Crippen LogP contribution in [-0.2, 0) is 11.8 Å². The molecule has 0 saturated heterocycles. The first-order valence-electron chi connectivity index (χ1n) is 6.51. The molecule has 2 aromatic heterocycles. The normalized spacial score (nSPS) is 15.0. The second-order valence-corrected chi connectivity index (χ2v) is 5.12. The molecule has 0 aromatic carbocycles. The molecular weight excluding hydrogens is 474 g/mol. The van der Waals surface area contributed by atoms with Gasteiger partial charge in [-0.1, -0.05) is 0 Å². The van der Waals surface area contributed by atoms with E-state index < -0.39 is 59.6 Å². The molecule has 20 heteroatoms. The first-order valence-corrected chi connectivity index (χ1v) is 6.51. The number of alkyl halides is 14. The highest BCUT2D eigenvalue weighted by molar-refractivity contribution is 5.35. The van der Waals surface area contributed by atoms with Crippen LogP contribution in [0.15, 0.2) is 8.83 Å². The molecule has 2 rings (SSSR count). The van der Waals surface area contributed by atoms with Crippen molar-refractivity contribution in [3.63, 3.8) is 0 Å². The summed E-state index contributed by atoms with van der Waals surface area (Å²) in [6.07, 6.45) is -13.7. The fourth-order valence-electron chi connectivity index (χ4n) is 1.50. The van der Waals surface area contributed by atoms with E-state index in [1.807, 2.05) is 0 Å². The Morgan fingerprint density at radius 3 is 0.933 bits per heavy atom. The molecule has 30 heavy (non-hydrogen) atoms. The van der Waals surface area contributed by atoms with Gasteiger partial charge in [0.15, 0.2) is 0 Å². The van der Waals surface area contributed by atoms with Gasteiger partial charge in [0.25, 0.3) is 11.8 Å². The van der Waals surface area contributed by atoms with Crippen LogP contribution >= 0.6 is 0 Å². The predicted molar refractivity (Wildman–Crippen MR) is 57.4 cm³/mol. The first kappa shape index (κ1) is 23.6. The van der Waals surface area contributed by atoms with Gasteiger partial charge in [-0.25, -0.2) is 0 Å². The lowest BCUT2D eigenvalue weighted by Crippen LogP contribution is -2.50. The second kappa shape index (κ2) is 6.40. The molecule has 6 nitrogen and oxygen atoms in total. The Balaban J connectivity index is 2.43. The average Bonchev–Trinajstić information content (AvgIpc) is 3.22. The smallest absolute Gasteiger partial charge is 0.411 e. The van der Waals surface area contributed by atoms with E-state index in [0.717, 1.165) is 0 Å². The minimum absolute atomic E-state index is 1.77. The van der Waals surface area contributed by atoms with Crippen molar-refractivity contribution in [3.8, 4) is 11.8 Å². The van der Waals surface area contributed by atoms with Crippen molar-refractivity contribution < 1.29 is 70.3 Å². The molecule has 0 saturated carbocycles. The van der Waals surface area contributed by atoms with Crippen LogP contribution in [0.4, 0.5) is 61.5 Å². The zero-order valence-electron chi connectivity index (χ0n) is 12.9. The molecule has 0 spiro atoms. The van der Waals surface area contributed by atoms with Gasteiger partial charge in [0.2, 0.25) is 0 Å². The number of hydrogen-bond donors (Lipinski definition) is 0. The summed E-state index contributed by atoms with van der Waals surface area (Å²) in [5.41, 5.74) is 0. The van der Waals surface area contributed by atoms with Gasteiger partial charge in [0.05, 0.1) is 0 Å². The zero-order chi connectivity index (χ0) is 23.6. The highest BCUT2D eigenvalue weighted by Gasteiger charge is 2.77. The Kier molecular flexibility index (Phi) is 5.03. The van der Waals surface area contributed by atoms with E-state index in [1.165, 1.54) is 0 Å². The largest absolute Gasteiger partial charge is 0.460 e. The summed E-state index contributed by atoms with van der Waals surface area (Å²) in [5.74, 6) is -35.0. The lowest BCUT2D eigenvalue weighted by atomic mass is 10.1. The Hall–Kier alpha value is -2.70. The van der Waals surface area contributed by atoms with Crippen molar-refractivity contribution in [3.05, 3.63) is 11.8 Å². The van der Waals surface area contributed by atoms with Gasteiger partial charge in [-0.3, -0.25) is 0 Å². The molecule has 0 atom stereocenters. The topological polar surface area (TPSA) is 77.8 Å². The van der Waals surface area contributed by atoms with E-state index in [0.29, 0.717) is 0 Å². The summed E-state index contributed by atoms with van der Waals surface area (Å²) in [6, 6.07) is 0. The van der Waals surface area contributed by atoms with Gasteiger partial charge >= 0.3 is 47.8 Å². The van der Waals surface area contributed by atoms with Crippen LogP contribution in [0.25, 0.3) is 11.8 Å². The Morgan fingerprint density at radius 2 is 0.700 bits per heavy atom. The van der Waals surface area contributed by atoms with Crippen LogP contribution in [0.3, 0.4) is 0 Å². The Labute approximate surface area is 151 Å². The minimum atomic E-state index is -6.83. The molecule has 0 aliphatic carbocycles. The molecule has 0 radical (unpaired) electrons. The molecule has 0 amide bonds. The molecular formula is C10F14N4O2. The fraction of sp³-hybridized carbons (Fsp3) is 0.600. The van der Waals surface area contributed by atoms with Crippen molar-refractivity contribution >= 4 is 0 Å². The van der Waals surface area contributed by atoms with Gasteiger partial charge in [-0.05, 0) is 0 Å². The molecule has 0 N–H and O–H groups in total. The van der Waals surface area contributed by atoms with Crippen LogP contribution in [-0.4, -0.2) is 44.6 Å². The molecule has 2 aromatic rings. The maximum atomic E-state index is 13.4. The van der Waals surface area contributed by atoms with Crippen LogP contribution in [0, 0.1) is 0 Å². The minimum Gasteiger partial charge on any atom is -0.411 e. The molecule has 0 aliphatic rings. The van der Waals surface area contributed by atoms with E-state index >= 15 is 0 Å². The zero-order valence-corrected chi connectivity index (χ0v) is 12.9. The summed E-state index contributed by atoms with van der Waals surface area (Å²) < 4.78 is 185. The third-order valence-electron chi connectivity index (χ3n) is 3.07. The maximum Gasteiger partial charge on any atom is 0.460 e. The van der Waals surface area contributed by atoms with Crippen molar-refractivity contribution in [1.29, 1.82) is 0 Å². The van der Waals surface area contributed by atoms with Gasteiger partial charge in [-0.2, -0.15) is 61.5 Å². The molecule has 0 fully saturated rings. The van der Waals surface area contributed by atoms with Gasteiger partial charge in [-0.15, -0.1) is 20.4 Å². The number of rotatable bonds is 5. The molecule has 0 unspecified atom stereocenters. The van der Waals surface area contributed by atoms with Crippen LogP contribution in [0.2, 0.25) is 0 Å². The number of aromatic nitrogens is 4. The van der Waals surface area contributed by atoms with E-state index in [1.54, 1.807) is 0 Å². The fourth-order valence-corrected chi connectivity index (χ4v) is 1.50. The standard InChI is InChI=1S/C10F14N4O2/c11-5(12,7(15,16)9(19,20)21)3-27-25-1(29-3)2-26-28-4(30-2)6(13,14)8(17,18)10(22,23)24. The van der Waals surface area contributed by atoms with E-state index in [-0.39, 0.29) is 0 Å². The quantitative estimate of drug-likeness (QED) is 0.585. The van der Waals surface area contributed by atoms with Gasteiger partial charge in [0.1, 0.15) is 0 Å². The predicted octanol–water partition coefficient (Wildman–Crippen LogP) is 4.70. The summed E-state index contributed by atoms with van der Waals surface area (Å²) in [6.45, 7) is 0. The van der Waals surface area contributed by atoms with E-state index in [4.69, 9.17) is 0 Å². The number of nitrogens with zero attached hydrogens (tertiary/aromatic N) is 4. The third-order valence-corrected chi connectivity index (χ3v) is 3.07. The lowest BCUT2D eigenvalue weighted by Gasteiger charge is -2.25. The number of hydrogen-bond acceptors (Lipinski definition) is 6. The van der Waals surface area contributed by atoms with Gasteiger partial charge < -0.3 is 8.83 Å². The summed E-state index contributed by atoms with van der Waals surface area (Å²) in [4.78, 5) is 0. The van der Waals surface area contributed by atoms with Crippen LogP contribution in [0.5, 0.6) is 0 Å². The van der Waals surface area contributed by atoms with Crippen molar-refractivity contribution in [1.82, 2.24) is 20.4 Å². The summed E-state index contributed by atoms with van der Waals surface area (Å²) in [5, 5.41) is 9.04. The molecule has 170 valence electrons. The Bertz CT molecular complexity index is 836. The molecule has 0 bridgehead atoms. The molecule has 0 aliphatic heterocycles. The van der Waals surface area contributed by atoms with E-state index in [9.17, 15) is 61.5 Å². The summed E-state index contributed by atoms with van der Waals surface area (Å²) >= 11 is 0. The van der Waals surface area contributed by atoms with Crippen molar-refractivity contribution in [2.24, 2.45) is 0 Å². The molecule has 2 heterocycles. The van der Waals surface area contributed by atoms with Crippen LogP contribution in [0.1, 0.15) is 11.8 Å². The van der Waals surface area contributed by atoms with Crippen molar-refractivity contribution in [2.45, 2.75) is 36.0 Å². The first-order chi connectivity index (χ1) is 13.2. The van der Waals surface area contributed by atoms with E-state index in [2.05, 4.69) is 29.2 Å². The highest BCUT2D eigenvalue weighted by atomic mass is 19.4.